The SMILES string of the molecule is CCNC(C)c1cccc(SCc2ccc(OC)cc2)c1. The van der Waals surface area contributed by atoms with E-state index in [1.807, 2.05) is 23.9 Å². The molecular weight excluding hydrogens is 278 g/mol. The van der Waals surface area contributed by atoms with Crippen molar-refractivity contribution in [2.45, 2.75) is 30.5 Å². The Morgan fingerprint density at radius 1 is 1.14 bits per heavy atom. The Morgan fingerprint density at radius 3 is 2.57 bits per heavy atom. The molecule has 0 aliphatic heterocycles. The molecule has 0 bridgehead atoms. The Bertz CT molecular complexity index is 553. The maximum Gasteiger partial charge on any atom is 0.118 e. The molecule has 0 heterocycles. The van der Waals surface area contributed by atoms with Gasteiger partial charge in [-0.15, -0.1) is 11.8 Å². The maximum atomic E-state index is 5.18. The number of nitrogens with one attached hydrogen (secondary N) is 1. The zero-order chi connectivity index (χ0) is 15.1. The van der Waals surface area contributed by atoms with Crippen LogP contribution in [-0.2, 0) is 5.75 Å². The van der Waals surface area contributed by atoms with Crippen molar-refractivity contribution in [3.63, 3.8) is 0 Å². The van der Waals surface area contributed by atoms with Gasteiger partial charge in [0.15, 0.2) is 0 Å². The lowest BCUT2D eigenvalue weighted by molar-refractivity contribution is 0.414. The van der Waals surface area contributed by atoms with E-state index in [9.17, 15) is 0 Å². The van der Waals surface area contributed by atoms with Crippen molar-refractivity contribution >= 4 is 11.8 Å². The third-order valence-corrected chi connectivity index (χ3v) is 4.50. The molecule has 1 N–H and O–H groups in total. The summed E-state index contributed by atoms with van der Waals surface area (Å²) >= 11 is 1.87. The average Bonchev–Trinajstić information content (AvgIpc) is 2.54. The van der Waals surface area contributed by atoms with Crippen LogP contribution in [0.2, 0.25) is 0 Å². The van der Waals surface area contributed by atoms with E-state index >= 15 is 0 Å². The first-order chi connectivity index (χ1) is 10.2. The van der Waals surface area contributed by atoms with Gasteiger partial charge in [-0.25, -0.2) is 0 Å². The number of ether oxygens (including phenoxy) is 1. The minimum atomic E-state index is 0.400. The summed E-state index contributed by atoms with van der Waals surface area (Å²) in [4.78, 5) is 1.31. The van der Waals surface area contributed by atoms with Crippen molar-refractivity contribution < 1.29 is 4.74 Å². The molecule has 2 nitrogen and oxygen atoms in total. The zero-order valence-electron chi connectivity index (χ0n) is 12.9. The molecule has 2 aromatic rings. The monoisotopic (exact) mass is 301 g/mol. The average molecular weight is 301 g/mol. The topological polar surface area (TPSA) is 21.3 Å². The zero-order valence-corrected chi connectivity index (χ0v) is 13.7. The van der Waals surface area contributed by atoms with Crippen LogP contribution in [0.15, 0.2) is 53.4 Å². The maximum absolute atomic E-state index is 5.18. The van der Waals surface area contributed by atoms with Crippen molar-refractivity contribution in [1.29, 1.82) is 0 Å². The summed E-state index contributed by atoms with van der Waals surface area (Å²) in [7, 11) is 1.70. The molecule has 0 aliphatic carbocycles. The number of methoxy groups -OCH3 is 1. The van der Waals surface area contributed by atoms with E-state index in [-0.39, 0.29) is 0 Å². The second-order valence-corrected chi connectivity index (χ2v) is 6.04. The third-order valence-electron chi connectivity index (χ3n) is 3.43. The molecule has 0 amide bonds. The van der Waals surface area contributed by atoms with Crippen LogP contribution in [0.1, 0.15) is 31.0 Å². The Morgan fingerprint density at radius 2 is 1.90 bits per heavy atom. The lowest BCUT2D eigenvalue weighted by Crippen LogP contribution is -2.17. The van der Waals surface area contributed by atoms with Crippen molar-refractivity contribution in [2.24, 2.45) is 0 Å². The van der Waals surface area contributed by atoms with E-state index in [0.29, 0.717) is 6.04 Å². The standard InChI is InChI=1S/C18H23NOS/c1-4-19-14(2)16-6-5-7-18(12-16)21-13-15-8-10-17(20-3)11-9-15/h5-12,14,19H,4,13H2,1-3H3. The highest BCUT2D eigenvalue weighted by atomic mass is 32.2. The summed E-state index contributed by atoms with van der Waals surface area (Å²) in [6, 6.07) is 17.5. The molecule has 0 fully saturated rings. The fraction of sp³-hybridized carbons (Fsp3) is 0.333. The van der Waals surface area contributed by atoms with Gasteiger partial charge in [-0.05, 0) is 48.9 Å². The third kappa shape index (κ3) is 4.80. The van der Waals surface area contributed by atoms with E-state index in [0.717, 1.165) is 18.0 Å². The predicted molar refractivity (Wildman–Crippen MR) is 91.1 cm³/mol. The van der Waals surface area contributed by atoms with Crippen molar-refractivity contribution in [3.8, 4) is 5.75 Å². The van der Waals surface area contributed by atoms with E-state index in [2.05, 4.69) is 55.6 Å². The molecule has 1 atom stereocenters. The summed E-state index contributed by atoms with van der Waals surface area (Å²) in [5.41, 5.74) is 2.66. The van der Waals surface area contributed by atoms with Gasteiger partial charge in [0.2, 0.25) is 0 Å². The molecule has 112 valence electrons. The second kappa shape index (κ2) is 8.11. The molecule has 1 unspecified atom stereocenters. The highest BCUT2D eigenvalue weighted by Gasteiger charge is 2.05. The lowest BCUT2D eigenvalue weighted by atomic mass is 10.1. The van der Waals surface area contributed by atoms with E-state index < -0.39 is 0 Å². The summed E-state index contributed by atoms with van der Waals surface area (Å²) in [6.45, 7) is 5.33. The van der Waals surface area contributed by atoms with Crippen LogP contribution in [0, 0.1) is 0 Å². The summed E-state index contributed by atoms with van der Waals surface area (Å²) < 4.78 is 5.18. The number of benzene rings is 2. The lowest BCUT2D eigenvalue weighted by Gasteiger charge is -2.13. The van der Waals surface area contributed by atoms with Crippen molar-refractivity contribution in [1.82, 2.24) is 5.32 Å². The molecule has 0 aromatic heterocycles. The first-order valence-electron chi connectivity index (χ1n) is 7.32. The summed E-state index contributed by atoms with van der Waals surface area (Å²) in [5.74, 6) is 1.88. The van der Waals surface area contributed by atoms with Gasteiger partial charge in [-0.2, -0.15) is 0 Å². The smallest absolute Gasteiger partial charge is 0.118 e. The first kappa shape index (κ1) is 15.9. The first-order valence-corrected chi connectivity index (χ1v) is 8.30. The van der Waals surface area contributed by atoms with Crippen LogP contribution in [0.4, 0.5) is 0 Å². The highest BCUT2D eigenvalue weighted by Crippen LogP contribution is 2.26. The van der Waals surface area contributed by atoms with Gasteiger partial charge in [0.05, 0.1) is 7.11 Å². The van der Waals surface area contributed by atoms with Gasteiger partial charge < -0.3 is 10.1 Å². The van der Waals surface area contributed by atoms with Gasteiger partial charge >= 0.3 is 0 Å². The number of hydrogen-bond acceptors (Lipinski definition) is 3. The van der Waals surface area contributed by atoms with E-state index in [1.54, 1.807) is 7.11 Å². The fourth-order valence-corrected chi connectivity index (χ4v) is 3.11. The highest BCUT2D eigenvalue weighted by molar-refractivity contribution is 7.98. The van der Waals surface area contributed by atoms with Gasteiger partial charge in [0, 0.05) is 16.7 Å². The van der Waals surface area contributed by atoms with Crippen LogP contribution in [0.25, 0.3) is 0 Å². The quantitative estimate of drug-likeness (QED) is 0.752. The molecule has 21 heavy (non-hydrogen) atoms. The summed E-state index contributed by atoms with van der Waals surface area (Å²) in [5, 5.41) is 3.45. The Balaban J connectivity index is 1.97. The normalized spacial score (nSPS) is 12.1. The summed E-state index contributed by atoms with van der Waals surface area (Å²) in [6.07, 6.45) is 0. The van der Waals surface area contributed by atoms with Crippen LogP contribution in [-0.4, -0.2) is 13.7 Å². The Kier molecular flexibility index (Phi) is 6.15. The van der Waals surface area contributed by atoms with Crippen LogP contribution in [0.5, 0.6) is 5.75 Å². The molecule has 0 saturated carbocycles. The number of thioether (sulfide) groups is 1. The van der Waals surface area contributed by atoms with Crippen LogP contribution < -0.4 is 10.1 Å². The van der Waals surface area contributed by atoms with E-state index in [1.165, 1.54) is 16.0 Å². The molecule has 2 rings (SSSR count). The Labute approximate surface area is 131 Å². The van der Waals surface area contributed by atoms with Gasteiger partial charge in [-0.3, -0.25) is 0 Å². The molecule has 0 radical (unpaired) electrons. The van der Waals surface area contributed by atoms with Crippen LogP contribution in [0.3, 0.4) is 0 Å². The Hall–Kier alpha value is -1.45. The molecule has 0 aliphatic rings. The second-order valence-electron chi connectivity index (χ2n) is 4.99. The largest absolute Gasteiger partial charge is 0.497 e. The molecule has 0 spiro atoms. The van der Waals surface area contributed by atoms with Gasteiger partial charge in [0.1, 0.15) is 5.75 Å². The fourth-order valence-electron chi connectivity index (χ4n) is 2.19. The van der Waals surface area contributed by atoms with Crippen molar-refractivity contribution in [2.75, 3.05) is 13.7 Å². The number of rotatable bonds is 7. The molecular formula is C18H23NOS. The van der Waals surface area contributed by atoms with Crippen molar-refractivity contribution in [3.05, 3.63) is 59.7 Å². The molecule has 0 saturated heterocycles. The molecule has 3 heteroatoms. The van der Waals surface area contributed by atoms with Gasteiger partial charge in [0.25, 0.3) is 0 Å². The minimum absolute atomic E-state index is 0.400. The van der Waals surface area contributed by atoms with Crippen LogP contribution >= 0.6 is 11.8 Å². The number of hydrogen-bond donors (Lipinski definition) is 1. The van der Waals surface area contributed by atoms with E-state index in [4.69, 9.17) is 4.74 Å². The molecule has 2 aromatic carbocycles. The minimum Gasteiger partial charge on any atom is -0.497 e. The predicted octanol–water partition coefficient (Wildman–Crippen LogP) is 4.66. The van der Waals surface area contributed by atoms with Gasteiger partial charge in [-0.1, -0.05) is 31.2 Å².